The predicted molar refractivity (Wildman–Crippen MR) is 129 cm³/mol. The molecule has 0 saturated carbocycles. The van der Waals surface area contributed by atoms with Gasteiger partial charge in [0, 0.05) is 41.9 Å². The maximum absolute atomic E-state index is 14.0. The highest BCUT2D eigenvalue weighted by Gasteiger charge is 2.18. The molecule has 1 atom stereocenters. The van der Waals surface area contributed by atoms with E-state index in [1.165, 1.54) is 19.9 Å². The fraction of sp³-hybridized carbons (Fsp3) is 0.240. The maximum atomic E-state index is 14.0. The van der Waals surface area contributed by atoms with Crippen LogP contribution in [0, 0.1) is 18.6 Å². The Kier molecular flexibility index (Phi) is 8.39. The third-order valence-corrected chi connectivity index (χ3v) is 5.85. The average Bonchev–Trinajstić information content (AvgIpc) is 2.79. The summed E-state index contributed by atoms with van der Waals surface area (Å²) in [5.74, 6) is -2.20. The first-order valence-electron chi connectivity index (χ1n) is 10.6. The number of nitrogens with one attached hydrogen (secondary N) is 2. The number of H-pyrrole nitrogens is 1. The Bertz CT molecular complexity index is 1310. The second kappa shape index (κ2) is 11.3. The van der Waals surface area contributed by atoms with Crippen molar-refractivity contribution in [2.75, 3.05) is 5.32 Å². The molecule has 0 spiro atoms. The molecule has 1 heterocycles. The first-order chi connectivity index (χ1) is 16.5. The topological polar surface area (TPSA) is 97.5 Å². The van der Waals surface area contributed by atoms with Crippen molar-refractivity contribution in [3.05, 3.63) is 91.3 Å². The van der Waals surface area contributed by atoms with Gasteiger partial charge in [0.1, 0.15) is 28.5 Å². The zero-order chi connectivity index (χ0) is 25.7. The summed E-state index contributed by atoms with van der Waals surface area (Å²) >= 11 is 3.25. The van der Waals surface area contributed by atoms with Gasteiger partial charge < -0.3 is 19.8 Å². The molecule has 0 aliphatic heterocycles. The Labute approximate surface area is 208 Å². The smallest absolute Gasteiger partial charge is 0.303 e. The highest BCUT2D eigenvalue weighted by atomic mass is 79.9. The van der Waals surface area contributed by atoms with Crippen LogP contribution in [-0.4, -0.2) is 23.0 Å². The van der Waals surface area contributed by atoms with Crippen molar-refractivity contribution in [2.45, 2.75) is 39.9 Å². The van der Waals surface area contributed by atoms with Crippen LogP contribution in [0.5, 0.6) is 5.75 Å². The third kappa shape index (κ3) is 6.75. The van der Waals surface area contributed by atoms with E-state index in [0.717, 1.165) is 17.7 Å². The molecule has 1 aromatic heterocycles. The highest BCUT2D eigenvalue weighted by Crippen LogP contribution is 2.31. The number of hydrogen-bond donors (Lipinski definition) is 2. The molecule has 1 amide bonds. The van der Waals surface area contributed by atoms with Gasteiger partial charge in [0.05, 0.1) is 0 Å². The zero-order valence-corrected chi connectivity index (χ0v) is 20.8. The second-order valence-electron chi connectivity index (χ2n) is 7.84. The number of carbonyl (C=O) groups excluding carboxylic acids is 2. The minimum atomic E-state index is -0.932. The van der Waals surface area contributed by atoms with Crippen LogP contribution in [0.1, 0.15) is 36.2 Å². The van der Waals surface area contributed by atoms with Crippen molar-refractivity contribution in [1.82, 2.24) is 4.98 Å². The Morgan fingerprint density at radius 1 is 1.14 bits per heavy atom. The molecule has 2 aromatic carbocycles. The number of amides is 1. The van der Waals surface area contributed by atoms with Crippen LogP contribution in [0.3, 0.4) is 0 Å². The first kappa shape index (κ1) is 26.1. The number of pyridine rings is 1. The summed E-state index contributed by atoms with van der Waals surface area (Å²) in [6.07, 6.45) is -0.570. The largest absolute Gasteiger partial charge is 0.487 e. The minimum Gasteiger partial charge on any atom is -0.487 e. The van der Waals surface area contributed by atoms with Crippen molar-refractivity contribution in [3.63, 3.8) is 0 Å². The molecule has 7 nitrogen and oxygen atoms in total. The highest BCUT2D eigenvalue weighted by molar-refractivity contribution is 9.10. The van der Waals surface area contributed by atoms with E-state index in [1.807, 2.05) is 0 Å². The molecule has 1 unspecified atom stereocenters. The van der Waals surface area contributed by atoms with Crippen LogP contribution in [0.2, 0.25) is 0 Å². The number of benzene rings is 2. The van der Waals surface area contributed by atoms with Gasteiger partial charge in [0.15, 0.2) is 6.10 Å². The average molecular weight is 549 g/mol. The molecule has 0 bridgehead atoms. The number of aromatic nitrogens is 1. The zero-order valence-electron chi connectivity index (χ0n) is 19.2. The van der Waals surface area contributed by atoms with Crippen LogP contribution < -0.4 is 15.6 Å². The summed E-state index contributed by atoms with van der Waals surface area (Å²) in [5, 5.41) is 2.67. The molecule has 0 fully saturated rings. The van der Waals surface area contributed by atoms with Gasteiger partial charge in [-0.25, -0.2) is 8.78 Å². The lowest BCUT2D eigenvalue weighted by molar-refractivity contribution is -0.150. The minimum absolute atomic E-state index is 0.144. The number of ether oxygens (including phenoxy) is 2. The van der Waals surface area contributed by atoms with Gasteiger partial charge in [0.2, 0.25) is 0 Å². The van der Waals surface area contributed by atoms with Crippen LogP contribution in [-0.2, 0) is 27.4 Å². The van der Waals surface area contributed by atoms with E-state index in [1.54, 1.807) is 31.2 Å². The number of esters is 1. The van der Waals surface area contributed by atoms with E-state index in [9.17, 15) is 23.2 Å². The molecule has 35 heavy (non-hydrogen) atoms. The van der Waals surface area contributed by atoms with Gasteiger partial charge in [-0.3, -0.25) is 14.4 Å². The number of hydrogen-bond acceptors (Lipinski definition) is 5. The van der Waals surface area contributed by atoms with Gasteiger partial charge in [0.25, 0.3) is 11.5 Å². The summed E-state index contributed by atoms with van der Waals surface area (Å²) in [7, 11) is 0. The summed E-state index contributed by atoms with van der Waals surface area (Å²) in [6, 6.07) is 10.1. The SMILES string of the molecule is CC(=O)OC(C)C(=O)Nc1ccc(Cc2c(C)[nH]c(=O)c(Br)c2OCc2ccc(F)cc2F)cc1. The Balaban J connectivity index is 1.79. The maximum Gasteiger partial charge on any atom is 0.303 e. The number of rotatable bonds is 8. The number of halogens is 3. The van der Waals surface area contributed by atoms with Gasteiger partial charge >= 0.3 is 5.97 Å². The molecule has 184 valence electrons. The molecule has 3 rings (SSSR count). The molecular weight excluding hydrogens is 526 g/mol. The van der Waals surface area contributed by atoms with Gasteiger partial charge in [-0.2, -0.15) is 0 Å². The fourth-order valence-electron chi connectivity index (χ4n) is 3.31. The van der Waals surface area contributed by atoms with Gasteiger partial charge in [-0.15, -0.1) is 0 Å². The van der Waals surface area contributed by atoms with Gasteiger partial charge in [-0.05, 0) is 59.6 Å². The molecule has 10 heteroatoms. The number of aromatic amines is 1. The Hall–Kier alpha value is -3.53. The molecule has 3 aromatic rings. The quantitative estimate of drug-likeness (QED) is 0.394. The van der Waals surface area contributed by atoms with E-state index in [4.69, 9.17) is 9.47 Å². The molecule has 0 saturated heterocycles. The number of anilines is 1. The third-order valence-electron chi connectivity index (χ3n) is 5.13. The normalized spacial score (nSPS) is 11.6. The lowest BCUT2D eigenvalue weighted by Crippen LogP contribution is -2.29. The number of carbonyl (C=O) groups is 2. The first-order valence-corrected chi connectivity index (χ1v) is 11.4. The van der Waals surface area contributed by atoms with Crippen molar-refractivity contribution < 1.29 is 27.8 Å². The van der Waals surface area contributed by atoms with Crippen LogP contribution in [0.15, 0.2) is 51.7 Å². The van der Waals surface area contributed by atoms with Crippen LogP contribution in [0.4, 0.5) is 14.5 Å². The molecule has 2 N–H and O–H groups in total. The van der Waals surface area contributed by atoms with E-state index >= 15 is 0 Å². The van der Waals surface area contributed by atoms with Crippen molar-refractivity contribution in [3.8, 4) is 5.75 Å². The van der Waals surface area contributed by atoms with E-state index in [0.29, 0.717) is 23.4 Å². The predicted octanol–water partition coefficient (Wildman–Crippen LogP) is 4.78. The van der Waals surface area contributed by atoms with Crippen LogP contribution in [0.25, 0.3) is 0 Å². The van der Waals surface area contributed by atoms with E-state index in [-0.39, 0.29) is 22.4 Å². The Morgan fingerprint density at radius 2 is 1.83 bits per heavy atom. The molecular formula is C25H23BrF2N2O5. The van der Waals surface area contributed by atoms with Gasteiger partial charge in [-0.1, -0.05) is 12.1 Å². The molecule has 0 radical (unpaired) electrons. The molecule has 0 aliphatic carbocycles. The summed E-state index contributed by atoms with van der Waals surface area (Å²) in [4.78, 5) is 38.2. The fourth-order valence-corrected chi connectivity index (χ4v) is 3.77. The summed E-state index contributed by atoms with van der Waals surface area (Å²) < 4.78 is 38.1. The number of aryl methyl sites for hydroxylation is 1. The van der Waals surface area contributed by atoms with Crippen molar-refractivity contribution in [2.24, 2.45) is 0 Å². The monoisotopic (exact) mass is 548 g/mol. The van der Waals surface area contributed by atoms with Crippen molar-refractivity contribution in [1.29, 1.82) is 0 Å². The Morgan fingerprint density at radius 3 is 2.46 bits per heavy atom. The lowest BCUT2D eigenvalue weighted by atomic mass is 10.0. The van der Waals surface area contributed by atoms with Crippen molar-refractivity contribution >= 4 is 33.5 Å². The second-order valence-corrected chi connectivity index (χ2v) is 8.63. The standard InChI is InChI=1S/C25H23BrF2N2O5/c1-13-20(10-16-4-8-19(9-5-16)30-24(32)14(2)35-15(3)31)23(22(26)25(33)29-13)34-12-17-6-7-18(27)11-21(17)28/h4-9,11,14H,10,12H2,1-3H3,(H,29,33)(H,30,32). The van der Waals surface area contributed by atoms with Crippen LogP contribution >= 0.6 is 15.9 Å². The summed E-state index contributed by atoms with van der Waals surface area (Å²) in [6.45, 7) is 4.22. The lowest BCUT2D eigenvalue weighted by Gasteiger charge is -2.16. The van der Waals surface area contributed by atoms with E-state index in [2.05, 4.69) is 26.2 Å². The summed E-state index contributed by atoms with van der Waals surface area (Å²) in [5.41, 5.74) is 2.34. The molecule has 0 aliphatic rings. The van der Waals surface area contributed by atoms with E-state index < -0.39 is 35.2 Å².